The molecule has 0 saturated heterocycles. The number of aromatic nitrogens is 2. The van der Waals surface area contributed by atoms with Gasteiger partial charge >= 0.3 is 12.0 Å². The summed E-state index contributed by atoms with van der Waals surface area (Å²) in [5.74, 6) is -0.573. The van der Waals surface area contributed by atoms with Crippen LogP contribution in [-0.4, -0.2) is 39.7 Å². The van der Waals surface area contributed by atoms with E-state index in [0.717, 1.165) is 11.1 Å². The number of ether oxygens (including phenoxy) is 1. The Kier molecular flexibility index (Phi) is 5.72. The second kappa shape index (κ2) is 9.14. The van der Waals surface area contributed by atoms with Crippen molar-refractivity contribution in [3.63, 3.8) is 0 Å². The van der Waals surface area contributed by atoms with Crippen molar-refractivity contribution in [3.8, 4) is 11.4 Å². The molecule has 4 aromatic rings. The number of methoxy groups -OCH3 is 1. The molecule has 0 bridgehead atoms. The van der Waals surface area contributed by atoms with Crippen molar-refractivity contribution in [1.29, 1.82) is 0 Å². The number of fused-ring (bicyclic) bond motifs is 3. The Hall–Kier alpha value is -4.92. The fourth-order valence-electron chi connectivity index (χ4n) is 3.94. The number of carboxylic acid groups (broad SMARTS) is 1. The number of benzene rings is 3. The average molecular weight is 467 g/mol. The van der Waals surface area contributed by atoms with Crippen molar-refractivity contribution in [2.45, 2.75) is 6.17 Å². The summed E-state index contributed by atoms with van der Waals surface area (Å²) in [4.78, 5) is 29.6. The zero-order valence-electron chi connectivity index (χ0n) is 18.7. The number of hydrogen-bond acceptors (Lipinski definition) is 5. The van der Waals surface area contributed by atoms with Gasteiger partial charge in [0.05, 0.1) is 24.2 Å². The molecule has 3 N–H and O–H groups in total. The number of rotatable bonds is 5. The third-order valence-electron chi connectivity index (χ3n) is 5.52. The summed E-state index contributed by atoms with van der Waals surface area (Å²) in [7, 11) is 1.55. The van der Waals surface area contributed by atoms with E-state index in [1.165, 1.54) is 10.7 Å². The lowest BCUT2D eigenvalue weighted by molar-refractivity contribution is 0.0690. The van der Waals surface area contributed by atoms with Crippen LogP contribution in [0.15, 0.2) is 89.9 Å². The molecule has 1 atom stereocenters. The quantitative estimate of drug-likeness (QED) is 0.406. The number of amides is 2. The normalized spacial score (nSPS) is 14.1. The lowest BCUT2D eigenvalue weighted by atomic mass is 10.0. The van der Waals surface area contributed by atoms with E-state index in [-0.39, 0.29) is 5.69 Å². The molecule has 9 nitrogen and oxygen atoms in total. The van der Waals surface area contributed by atoms with Crippen LogP contribution in [0.4, 0.5) is 10.5 Å². The second-order valence-electron chi connectivity index (χ2n) is 7.77. The van der Waals surface area contributed by atoms with Gasteiger partial charge in [-0.3, -0.25) is 4.99 Å². The fraction of sp³-hybridized carbons (Fsp3) is 0.0769. The molecule has 1 aromatic heterocycles. The van der Waals surface area contributed by atoms with E-state index >= 15 is 0 Å². The Morgan fingerprint density at radius 3 is 2.51 bits per heavy atom. The summed E-state index contributed by atoms with van der Waals surface area (Å²) in [5, 5.41) is 19.5. The number of aliphatic imine (C=N–C) groups is 1. The molecule has 2 amide bonds. The fourth-order valence-corrected chi connectivity index (χ4v) is 3.94. The molecule has 5 rings (SSSR count). The van der Waals surface area contributed by atoms with E-state index < -0.39 is 18.2 Å². The maximum absolute atomic E-state index is 13.0. The molecule has 0 saturated carbocycles. The molecule has 174 valence electrons. The molecule has 0 aliphatic carbocycles. The molecule has 35 heavy (non-hydrogen) atoms. The van der Waals surface area contributed by atoms with Crippen molar-refractivity contribution < 1.29 is 19.4 Å². The number of nitrogens with zero attached hydrogens (tertiary/aromatic N) is 3. The van der Waals surface area contributed by atoms with Crippen LogP contribution in [0.3, 0.4) is 0 Å². The molecule has 2 heterocycles. The predicted molar refractivity (Wildman–Crippen MR) is 130 cm³/mol. The van der Waals surface area contributed by atoms with Gasteiger partial charge in [-0.25, -0.2) is 14.3 Å². The smallest absolute Gasteiger partial charge is 0.356 e. The van der Waals surface area contributed by atoms with Gasteiger partial charge in [0.1, 0.15) is 5.75 Å². The maximum Gasteiger partial charge on any atom is 0.356 e. The number of urea groups is 1. The largest absolute Gasteiger partial charge is 0.497 e. The van der Waals surface area contributed by atoms with Gasteiger partial charge in [0.2, 0.25) is 0 Å². The van der Waals surface area contributed by atoms with Crippen LogP contribution < -0.4 is 15.4 Å². The minimum absolute atomic E-state index is 0.145. The van der Waals surface area contributed by atoms with E-state index in [2.05, 4.69) is 15.7 Å². The molecule has 0 unspecified atom stereocenters. The SMILES string of the molecule is COc1cccc(NC(=O)N[C@@H]2N=C(c3ccccc3)c3ccccc3-n3nc(C(=O)O)cc32)c1. The Morgan fingerprint density at radius 1 is 0.971 bits per heavy atom. The lowest BCUT2D eigenvalue weighted by Crippen LogP contribution is -2.32. The predicted octanol–water partition coefficient (Wildman–Crippen LogP) is 4.25. The minimum Gasteiger partial charge on any atom is -0.497 e. The first-order valence-corrected chi connectivity index (χ1v) is 10.8. The highest BCUT2D eigenvalue weighted by molar-refractivity contribution is 6.15. The molecule has 1 aliphatic heterocycles. The van der Waals surface area contributed by atoms with Gasteiger partial charge < -0.3 is 20.5 Å². The van der Waals surface area contributed by atoms with E-state index in [1.54, 1.807) is 31.4 Å². The first kappa shape index (κ1) is 21.9. The molecule has 3 aromatic carbocycles. The average Bonchev–Trinajstić information content (AvgIpc) is 3.28. The highest BCUT2D eigenvalue weighted by Crippen LogP contribution is 2.30. The van der Waals surface area contributed by atoms with Gasteiger partial charge in [0, 0.05) is 22.9 Å². The molecule has 0 radical (unpaired) electrons. The summed E-state index contributed by atoms with van der Waals surface area (Å²) >= 11 is 0. The third-order valence-corrected chi connectivity index (χ3v) is 5.52. The Labute approximate surface area is 200 Å². The number of nitrogens with one attached hydrogen (secondary N) is 2. The van der Waals surface area contributed by atoms with Gasteiger partial charge in [-0.05, 0) is 24.3 Å². The van der Waals surface area contributed by atoms with E-state index in [1.807, 2.05) is 54.6 Å². The summed E-state index contributed by atoms with van der Waals surface area (Å²) in [6, 6.07) is 24.9. The number of carbonyl (C=O) groups is 2. The topological polar surface area (TPSA) is 118 Å². The van der Waals surface area contributed by atoms with Crippen LogP contribution >= 0.6 is 0 Å². The van der Waals surface area contributed by atoms with Crippen molar-refractivity contribution in [2.75, 3.05) is 12.4 Å². The minimum atomic E-state index is -1.17. The van der Waals surface area contributed by atoms with Gasteiger partial charge in [0.25, 0.3) is 0 Å². The summed E-state index contributed by atoms with van der Waals surface area (Å²) in [6.45, 7) is 0. The van der Waals surface area contributed by atoms with Crippen molar-refractivity contribution >= 4 is 23.4 Å². The summed E-state index contributed by atoms with van der Waals surface area (Å²) in [5.41, 5.74) is 3.73. The molecular weight excluding hydrogens is 446 g/mol. The zero-order valence-corrected chi connectivity index (χ0v) is 18.7. The standard InChI is InChI=1S/C26H21N5O4/c1-35-18-11-7-10-17(14-18)27-26(34)29-24-22-15-20(25(32)33)30-31(22)21-13-6-5-12-19(21)23(28-24)16-8-3-2-4-9-16/h2-15,24H,1H3,(H,32,33)(H2,27,29,34)/t24-/m0/s1. The highest BCUT2D eigenvalue weighted by Gasteiger charge is 2.29. The molecule has 0 spiro atoms. The van der Waals surface area contributed by atoms with E-state index in [9.17, 15) is 14.7 Å². The van der Waals surface area contributed by atoms with Crippen LogP contribution in [0, 0.1) is 0 Å². The lowest BCUT2D eigenvalue weighted by Gasteiger charge is -2.16. The number of carboxylic acids is 1. The molecule has 9 heteroatoms. The van der Waals surface area contributed by atoms with E-state index in [4.69, 9.17) is 9.73 Å². The number of anilines is 1. The zero-order chi connectivity index (χ0) is 24.4. The molecule has 0 fully saturated rings. The number of para-hydroxylation sites is 1. The van der Waals surface area contributed by atoms with Gasteiger partial charge in [-0.1, -0.05) is 54.6 Å². The van der Waals surface area contributed by atoms with Crippen molar-refractivity contribution in [3.05, 3.63) is 107 Å². The van der Waals surface area contributed by atoms with Crippen LogP contribution in [0.5, 0.6) is 5.75 Å². The Morgan fingerprint density at radius 2 is 1.74 bits per heavy atom. The Bertz CT molecular complexity index is 1450. The second-order valence-corrected chi connectivity index (χ2v) is 7.77. The van der Waals surface area contributed by atoms with Gasteiger partial charge in [-0.2, -0.15) is 5.10 Å². The first-order valence-electron chi connectivity index (χ1n) is 10.8. The van der Waals surface area contributed by atoms with Crippen LogP contribution in [0.1, 0.15) is 33.5 Å². The first-order chi connectivity index (χ1) is 17.0. The Balaban J connectivity index is 1.59. The number of aromatic carboxylic acids is 1. The number of hydrogen-bond donors (Lipinski definition) is 3. The van der Waals surface area contributed by atoms with Crippen LogP contribution in [0.25, 0.3) is 5.69 Å². The van der Waals surface area contributed by atoms with Crippen LogP contribution in [0.2, 0.25) is 0 Å². The maximum atomic E-state index is 13.0. The molecule has 1 aliphatic rings. The monoisotopic (exact) mass is 467 g/mol. The third kappa shape index (κ3) is 4.34. The summed E-state index contributed by atoms with van der Waals surface area (Å²) in [6.07, 6.45) is -0.913. The van der Waals surface area contributed by atoms with Gasteiger partial charge in [0.15, 0.2) is 11.9 Å². The van der Waals surface area contributed by atoms with Crippen molar-refractivity contribution in [1.82, 2.24) is 15.1 Å². The van der Waals surface area contributed by atoms with E-state index in [0.29, 0.717) is 28.5 Å². The summed E-state index contributed by atoms with van der Waals surface area (Å²) < 4.78 is 6.74. The molecular formula is C26H21N5O4. The van der Waals surface area contributed by atoms with Gasteiger partial charge in [-0.15, -0.1) is 0 Å². The highest BCUT2D eigenvalue weighted by atomic mass is 16.5. The van der Waals surface area contributed by atoms with Crippen molar-refractivity contribution in [2.24, 2.45) is 4.99 Å². The van der Waals surface area contributed by atoms with Crippen LogP contribution in [-0.2, 0) is 0 Å². The number of carbonyl (C=O) groups excluding carboxylic acids is 1.